The maximum Gasteiger partial charge on any atom is 0.416 e. The van der Waals surface area contributed by atoms with Gasteiger partial charge in [0.25, 0.3) is 0 Å². The lowest BCUT2D eigenvalue weighted by Gasteiger charge is -2.26. The van der Waals surface area contributed by atoms with Crippen LogP contribution in [-0.2, 0) is 0 Å². The lowest BCUT2D eigenvalue weighted by Crippen LogP contribution is -2.40. The molecule has 0 bridgehead atoms. The van der Waals surface area contributed by atoms with Crippen LogP contribution in [0, 0.1) is 0 Å². The summed E-state index contributed by atoms with van der Waals surface area (Å²) in [6.07, 6.45) is 0.00251. The Labute approximate surface area is 140 Å². The van der Waals surface area contributed by atoms with E-state index in [2.05, 4.69) is 23.9 Å². The van der Waals surface area contributed by atoms with Gasteiger partial charge in [-0.3, -0.25) is 10.0 Å². The first kappa shape index (κ1) is 20.5. The molecule has 0 fully saturated rings. The number of hydrogen-bond acceptors (Lipinski definition) is 4. The molecule has 2 atom stereocenters. The lowest BCUT2D eigenvalue weighted by atomic mass is 9.95. The van der Waals surface area contributed by atoms with Gasteiger partial charge in [-0.25, -0.2) is 0 Å². The summed E-state index contributed by atoms with van der Waals surface area (Å²) in [5, 5.41) is 13.5. The zero-order valence-corrected chi connectivity index (χ0v) is 14.7. The standard InChI is InChI=1S/C16H27F3N2OS/c1-11(2)23-20-9-5-4-6-15(22)21-14-8-7-13(10-12(14)3)16(17,18)19/h7,10-11,14-15,20-22H,4-6,8-9H2,1-3H3. The molecule has 0 aliphatic heterocycles. The molecule has 0 spiro atoms. The summed E-state index contributed by atoms with van der Waals surface area (Å²) >= 11 is 1.69. The number of nitrogens with one attached hydrogen (secondary N) is 2. The Morgan fingerprint density at radius 1 is 1.35 bits per heavy atom. The van der Waals surface area contributed by atoms with E-state index in [1.807, 2.05) is 0 Å². The maximum atomic E-state index is 12.6. The Bertz CT molecular complexity index is 422. The van der Waals surface area contributed by atoms with Crippen LogP contribution in [0.5, 0.6) is 0 Å². The summed E-state index contributed by atoms with van der Waals surface area (Å²) in [6.45, 7) is 6.78. The van der Waals surface area contributed by atoms with Gasteiger partial charge >= 0.3 is 6.18 Å². The van der Waals surface area contributed by atoms with E-state index < -0.39 is 18.0 Å². The molecular formula is C16H27F3N2OS. The molecule has 3 N–H and O–H groups in total. The summed E-state index contributed by atoms with van der Waals surface area (Å²) in [4.78, 5) is 0. The van der Waals surface area contributed by atoms with E-state index in [1.54, 1.807) is 18.9 Å². The number of alkyl halides is 3. The predicted molar refractivity (Wildman–Crippen MR) is 90.0 cm³/mol. The van der Waals surface area contributed by atoms with E-state index in [-0.39, 0.29) is 12.5 Å². The summed E-state index contributed by atoms with van der Waals surface area (Å²) in [5.74, 6) is 0. The molecule has 0 saturated carbocycles. The number of aliphatic hydroxyl groups is 1. The molecule has 0 aromatic heterocycles. The van der Waals surface area contributed by atoms with Crippen molar-refractivity contribution in [3.05, 3.63) is 23.3 Å². The third kappa shape index (κ3) is 8.24. The van der Waals surface area contributed by atoms with E-state index in [0.717, 1.165) is 25.5 Å². The molecule has 1 aliphatic carbocycles. The van der Waals surface area contributed by atoms with Gasteiger partial charge in [0.2, 0.25) is 0 Å². The van der Waals surface area contributed by atoms with Gasteiger partial charge in [0.15, 0.2) is 0 Å². The summed E-state index contributed by atoms with van der Waals surface area (Å²) in [7, 11) is 0. The number of hydrogen-bond donors (Lipinski definition) is 3. The van der Waals surface area contributed by atoms with Crippen molar-refractivity contribution in [1.82, 2.24) is 10.0 Å². The van der Waals surface area contributed by atoms with Crippen LogP contribution in [0.3, 0.4) is 0 Å². The maximum absolute atomic E-state index is 12.6. The van der Waals surface area contributed by atoms with Crippen LogP contribution in [0.2, 0.25) is 0 Å². The zero-order chi connectivity index (χ0) is 17.5. The Morgan fingerprint density at radius 3 is 2.61 bits per heavy atom. The molecule has 7 heteroatoms. The van der Waals surface area contributed by atoms with Crippen molar-refractivity contribution < 1.29 is 18.3 Å². The fourth-order valence-electron chi connectivity index (χ4n) is 2.31. The van der Waals surface area contributed by atoms with Gasteiger partial charge < -0.3 is 5.11 Å². The molecule has 134 valence electrons. The van der Waals surface area contributed by atoms with Crippen LogP contribution >= 0.6 is 11.9 Å². The first-order valence-corrected chi connectivity index (χ1v) is 8.86. The number of unbranched alkanes of at least 4 members (excludes halogenated alkanes) is 1. The Morgan fingerprint density at radius 2 is 2.04 bits per heavy atom. The minimum absolute atomic E-state index is 0.231. The second-order valence-electron chi connectivity index (χ2n) is 6.07. The van der Waals surface area contributed by atoms with Crippen molar-refractivity contribution in [1.29, 1.82) is 0 Å². The van der Waals surface area contributed by atoms with E-state index >= 15 is 0 Å². The number of aliphatic hydroxyl groups excluding tert-OH is 1. The van der Waals surface area contributed by atoms with Gasteiger partial charge in [-0.2, -0.15) is 13.2 Å². The Hall–Kier alpha value is -0.500. The topological polar surface area (TPSA) is 44.3 Å². The van der Waals surface area contributed by atoms with Crippen molar-refractivity contribution in [2.24, 2.45) is 0 Å². The highest BCUT2D eigenvalue weighted by Crippen LogP contribution is 2.31. The van der Waals surface area contributed by atoms with Crippen LogP contribution in [0.4, 0.5) is 13.2 Å². The quantitative estimate of drug-likeness (QED) is 0.334. The predicted octanol–water partition coefficient (Wildman–Crippen LogP) is 3.92. The highest BCUT2D eigenvalue weighted by Gasteiger charge is 2.34. The van der Waals surface area contributed by atoms with Gasteiger partial charge in [-0.15, -0.1) is 0 Å². The molecule has 0 saturated heterocycles. The molecule has 0 amide bonds. The van der Waals surface area contributed by atoms with E-state index in [0.29, 0.717) is 17.2 Å². The summed E-state index contributed by atoms with van der Waals surface area (Å²) in [6, 6.07) is -0.231. The molecule has 0 radical (unpaired) electrons. The second kappa shape index (κ2) is 9.71. The first-order valence-electron chi connectivity index (χ1n) is 7.98. The SMILES string of the molecule is CC1=CC(C(F)(F)F)=CCC1NC(O)CCCCNSC(C)C. The molecule has 3 nitrogen and oxygen atoms in total. The number of rotatable bonds is 9. The van der Waals surface area contributed by atoms with Crippen molar-refractivity contribution >= 4 is 11.9 Å². The minimum atomic E-state index is -4.30. The van der Waals surface area contributed by atoms with Crippen molar-refractivity contribution in [2.45, 2.75) is 70.2 Å². The van der Waals surface area contributed by atoms with Crippen molar-refractivity contribution in [2.75, 3.05) is 6.54 Å². The fourth-order valence-corrected chi connectivity index (χ4v) is 2.90. The van der Waals surface area contributed by atoms with Gasteiger partial charge in [0, 0.05) is 17.8 Å². The minimum Gasteiger partial charge on any atom is -0.379 e. The molecule has 0 aromatic carbocycles. The van der Waals surface area contributed by atoms with Gasteiger partial charge in [-0.1, -0.05) is 37.4 Å². The zero-order valence-electron chi connectivity index (χ0n) is 13.9. The van der Waals surface area contributed by atoms with Crippen molar-refractivity contribution in [3.8, 4) is 0 Å². The average Bonchev–Trinajstić information content (AvgIpc) is 2.43. The van der Waals surface area contributed by atoms with E-state index in [9.17, 15) is 18.3 Å². The lowest BCUT2D eigenvalue weighted by molar-refractivity contribution is -0.0888. The summed E-state index contributed by atoms with van der Waals surface area (Å²) < 4.78 is 41.2. The number of allylic oxidation sites excluding steroid dienone is 2. The molecule has 0 heterocycles. The molecule has 23 heavy (non-hydrogen) atoms. The first-order chi connectivity index (χ1) is 10.7. The van der Waals surface area contributed by atoms with Crippen LogP contribution < -0.4 is 10.0 Å². The highest BCUT2D eigenvalue weighted by molar-refractivity contribution is 7.97. The summed E-state index contributed by atoms with van der Waals surface area (Å²) in [5.41, 5.74) is 0.00476. The monoisotopic (exact) mass is 352 g/mol. The Balaban J connectivity index is 2.24. The second-order valence-corrected chi connectivity index (χ2v) is 7.54. The number of halogens is 3. The molecule has 1 rings (SSSR count). The smallest absolute Gasteiger partial charge is 0.379 e. The van der Waals surface area contributed by atoms with Crippen LogP contribution in [0.15, 0.2) is 23.3 Å². The normalized spacial score (nSPS) is 20.4. The average molecular weight is 352 g/mol. The largest absolute Gasteiger partial charge is 0.416 e. The van der Waals surface area contributed by atoms with E-state index in [4.69, 9.17) is 0 Å². The van der Waals surface area contributed by atoms with Crippen molar-refractivity contribution in [3.63, 3.8) is 0 Å². The molecule has 0 aromatic rings. The van der Waals surface area contributed by atoms with Gasteiger partial charge in [0.1, 0.15) is 6.23 Å². The van der Waals surface area contributed by atoms with Gasteiger partial charge in [-0.05, 0) is 38.7 Å². The molecule has 2 unspecified atom stereocenters. The third-order valence-electron chi connectivity index (χ3n) is 3.55. The van der Waals surface area contributed by atoms with Gasteiger partial charge in [0.05, 0.1) is 5.57 Å². The molecular weight excluding hydrogens is 325 g/mol. The van der Waals surface area contributed by atoms with E-state index in [1.165, 1.54) is 6.08 Å². The van der Waals surface area contributed by atoms with Crippen LogP contribution in [-0.4, -0.2) is 35.3 Å². The third-order valence-corrected chi connectivity index (χ3v) is 4.39. The van der Waals surface area contributed by atoms with Crippen LogP contribution in [0.25, 0.3) is 0 Å². The Kier molecular flexibility index (Phi) is 8.68. The highest BCUT2D eigenvalue weighted by atomic mass is 32.2. The fraction of sp³-hybridized carbons (Fsp3) is 0.750. The molecule has 1 aliphatic rings. The van der Waals surface area contributed by atoms with Crippen LogP contribution in [0.1, 0.15) is 46.5 Å².